The maximum atomic E-state index is 12.9. The van der Waals surface area contributed by atoms with Gasteiger partial charge in [-0.05, 0) is 61.2 Å². The van der Waals surface area contributed by atoms with Gasteiger partial charge in [-0.15, -0.1) is 0 Å². The fourth-order valence-electron chi connectivity index (χ4n) is 5.22. The van der Waals surface area contributed by atoms with Gasteiger partial charge in [-0.1, -0.05) is 25.0 Å². The number of nitrogens with zero attached hydrogens (tertiary/aromatic N) is 1. The Bertz CT molecular complexity index is 883. The lowest BCUT2D eigenvalue weighted by molar-refractivity contribution is -0.135. The van der Waals surface area contributed by atoms with Crippen molar-refractivity contribution in [2.24, 2.45) is 5.92 Å². The summed E-state index contributed by atoms with van der Waals surface area (Å²) in [7, 11) is 3.28. The third-order valence-corrected chi connectivity index (χ3v) is 6.85. The van der Waals surface area contributed by atoms with Gasteiger partial charge in [0, 0.05) is 24.2 Å². The van der Waals surface area contributed by atoms with Gasteiger partial charge in [-0.2, -0.15) is 0 Å². The number of aliphatic hydroxyl groups is 1. The van der Waals surface area contributed by atoms with Crippen LogP contribution in [0.15, 0.2) is 48.5 Å². The summed E-state index contributed by atoms with van der Waals surface area (Å²) in [4.78, 5) is 15.1. The van der Waals surface area contributed by atoms with Crippen LogP contribution in [-0.4, -0.2) is 48.8 Å². The highest BCUT2D eigenvalue weighted by atomic mass is 16.5. The molecule has 6 heteroatoms. The number of fused-ring (bicyclic) bond motifs is 1. The lowest BCUT2D eigenvalue weighted by Gasteiger charge is -2.52. The van der Waals surface area contributed by atoms with Gasteiger partial charge >= 0.3 is 0 Å². The van der Waals surface area contributed by atoms with Crippen molar-refractivity contribution in [3.63, 3.8) is 0 Å². The molecule has 1 heterocycles. The maximum Gasteiger partial charge on any atom is 0.238 e. The smallest absolute Gasteiger partial charge is 0.238 e. The van der Waals surface area contributed by atoms with Crippen molar-refractivity contribution < 1.29 is 19.4 Å². The van der Waals surface area contributed by atoms with Crippen molar-refractivity contribution in [3.8, 4) is 11.5 Å². The van der Waals surface area contributed by atoms with Gasteiger partial charge in [0.15, 0.2) is 0 Å². The van der Waals surface area contributed by atoms with Crippen molar-refractivity contribution in [1.82, 2.24) is 4.90 Å². The number of nitrogens with one attached hydrogen (secondary N) is 1. The van der Waals surface area contributed by atoms with Crippen LogP contribution in [0.5, 0.6) is 11.5 Å². The Kier molecular flexibility index (Phi) is 6.49. The number of anilines is 1. The molecule has 166 valence electrons. The lowest BCUT2D eigenvalue weighted by Crippen LogP contribution is -2.56. The normalized spacial score (nSPS) is 26.0. The first-order valence-electron chi connectivity index (χ1n) is 11.1. The molecular weight excluding hydrogens is 392 g/mol. The van der Waals surface area contributed by atoms with E-state index in [2.05, 4.69) is 22.3 Å². The number of amides is 1. The molecule has 0 spiro atoms. The largest absolute Gasteiger partial charge is 0.497 e. The predicted octanol–water partition coefficient (Wildman–Crippen LogP) is 4.01. The highest BCUT2D eigenvalue weighted by molar-refractivity contribution is 5.92. The number of likely N-dealkylation sites (tertiary alicyclic amines) is 1. The first-order chi connectivity index (χ1) is 15.0. The molecule has 31 heavy (non-hydrogen) atoms. The van der Waals surface area contributed by atoms with Crippen molar-refractivity contribution in [2.75, 3.05) is 32.6 Å². The van der Waals surface area contributed by atoms with Gasteiger partial charge in [0.25, 0.3) is 0 Å². The zero-order chi connectivity index (χ0) is 21.8. The Morgan fingerprint density at radius 2 is 1.68 bits per heavy atom. The number of benzene rings is 2. The minimum absolute atomic E-state index is 0.00609. The molecule has 0 aromatic heterocycles. The Morgan fingerprint density at radius 3 is 2.32 bits per heavy atom. The van der Waals surface area contributed by atoms with Crippen LogP contribution < -0.4 is 14.8 Å². The lowest BCUT2D eigenvalue weighted by atomic mass is 9.66. The minimum atomic E-state index is -0.647. The van der Waals surface area contributed by atoms with Crippen LogP contribution in [0.1, 0.15) is 43.7 Å². The first kappa shape index (κ1) is 21.7. The second-order valence-corrected chi connectivity index (χ2v) is 8.67. The van der Waals surface area contributed by atoms with Crippen LogP contribution in [0.25, 0.3) is 0 Å². The number of hydrogen-bond acceptors (Lipinski definition) is 5. The van der Waals surface area contributed by atoms with E-state index in [0.29, 0.717) is 13.0 Å². The fourth-order valence-corrected chi connectivity index (χ4v) is 5.22. The summed E-state index contributed by atoms with van der Waals surface area (Å²) in [5.74, 6) is 1.63. The maximum absolute atomic E-state index is 12.9. The summed E-state index contributed by atoms with van der Waals surface area (Å²) >= 11 is 0. The Balaban J connectivity index is 1.54. The van der Waals surface area contributed by atoms with Crippen LogP contribution in [0.3, 0.4) is 0 Å². The van der Waals surface area contributed by atoms with Crippen LogP contribution in [-0.2, 0) is 4.79 Å². The molecule has 3 atom stereocenters. The molecule has 4 rings (SSSR count). The summed E-state index contributed by atoms with van der Waals surface area (Å²) in [6, 6.07) is 15.4. The predicted molar refractivity (Wildman–Crippen MR) is 120 cm³/mol. The van der Waals surface area contributed by atoms with Crippen LogP contribution in [0, 0.1) is 5.92 Å². The number of ether oxygens (including phenoxy) is 2. The highest BCUT2D eigenvalue weighted by Crippen LogP contribution is 2.49. The van der Waals surface area contributed by atoms with Gasteiger partial charge in [0.05, 0.1) is 26.4 Å². The van der Waals surface area contributed by atoms with E-state index in [-0.39, 0.29) is 24.4 Å². The monoisotopic (exact) mass is 424 g/mol. The van der Waals surface area contributed by atoms with Crippen molar-refractivity contribution in [1.29, 1.82) is 0 Å². The molecule has 1 amide bonds. The Labute approximate surface area is 184 Å². The SMILES string of the molecule is COc1ccc(NC(=O)CN2CC[C@@]3(O)CCCC[C@H]3C2c2ccc(OC)cc2)cc1. The van der Waals surface area contributed by atoms with Gasteiger partial charge in [0.2, 0.25) is 5.91 Å². The molecule has 2 aromatic carbocycles. The van der Waals surface area contributed by atoms with Crippen molar-refractivity contribution >= 4 is 11.6 Å². The van der Waals surface area contributed by atoms with E-state index >= 15 is 0 Å². The van der Waals surface area contributed by atoms with Gasteiger partial charge in [-0.25, -0.2) is 0 Å². The number of piperidine rings is 1. The number of hydrogen-bond donors (Lipinski definition) is 2. The van der Waals surface area contributed by atoms with Crippen molar-refractivity contribution in [2.45, 2.75) is 43.7 Å². The molecule has 2 N–H and O–H groups in total. The second kappa shape index (κ2) is 9.28. The summed E-state index contributed by atoms with van der Waals surface area (Å²) in [5, 5.41) is 14.4. The van der Waals surface area contributed by atoms with Gasteiger partial charge in [0.1, 0.15) is 11.5 Å². The molecule has 0 radical (unpaired) electrons. The van der Waals surface area contributed by atoms with E-state index in [1.165, 1.54) is 0 Å². The van der Waals surface area contributed by atoms with Crippen molar-refractivity contribution in [3.05, 3.63) is 54.1 Å². The fraction of sp³-hybridized carbons (Fsp3) is 0.480. The molecular formula is C25H32N2O4. The van der Waals surface area contributed by atoms with E-state index in [1.807, 2.05) is 36.4 Å². The highest BCUT2D eigenvalue weighted by Gasteiger charge is 2.49. The molecule has 2 fully saturated rings. The van der Waals surface area contributed by atoms with Crippen LogP contribution >= 0.6 is 0 Å². The number of rotatable bonds is 6. The molecule has 1 aliphatic heterocycles. The summed E-state index contributed by atoms with van der Waals surface area (Å²) in [5.41, 5.74) is 1.23. The van der Waals surface area contributed by atoms with Gasteiger partial charge < -0.3 is 19.9 Å². The molecule has 6 nitrogen and oxygen atoms in total. The zero-order valence-corrected chi connectivity index (χ0v) is 18.3. The average Bonchev–Trinajstić information content (AvgIpc) is 2.79. The Hall–Kier alpha value is -2.57. The number of carbonyl (C=O) groups excluding carboxylic acids is 1. The molecule has 1 saturated heterocycles. The molecule has 0 bridgehead atoms. The molecule has 2 aromatic rings. The van der Waals surface area contributed by atoms with E-state index in [9.17, 15) is 9.90 Å². The third-order valence-electron chi connectivity index (χ3n) is 6.85. The minimum Gasteiger partial charge on any atom is -0.497 e. The molecule has 1 saturated carbocycles. The van der Waals surface area contributed by atoms with Gasteiger partial charge in [-0.3, -0.25) is 9.69 Å². The van der Waals surface area contributed by atoms with E-state index < -0.39 is 5.60 Å². The summed E-state index contributed by atoms with van der Waals surface area (Å²) in [6.07, 6.45) is 4.71. The standard InChI is InChI=1S/C25H32N2O4/c1-30-20-10-6-18(7-11-20)24-22-5-3-4-14-25(22,29)15-16-27(24)17-23(28)26-19-8-12-21(31-2)13-9-19/h6-13,22,24,29H,3-5,14-17H2,1-2H3,(H,26,28)/t22-,24?,25-/m0/s1. The number of carbonyl (C=O) groups is 1. The molecule has 1 unspecified atom stereocenters. The van der Waals surface area contributed by atoms with E-state index in [1.54, 1.807) is 14.2 Å². The summed E-state index contributed by atoms with van der Waals surface area (Å²) < 4.78 is 10.5. The van der Waals surface area contributed by atoms with Crippen LogP contribution in [0.2, 0.25) is 0 Å². The second-order valence-electron chi connectivity index (χ2n) is 8.67. The topological polar surface area (TPSA) is 71.0 Å². The zero-order valence-electron chi connectivity index (χ0n) is 18.3. The van der Waals surface area contributed by atoms with Crippen LogP contribution in [0.4, 0.5) is 5.69 Å². The summed E-state index contributed by atoms with van der Waals surface area (Å²) in [6.45, 7) is 0.981. The molecule has 1 aliphatic carbocycles. The quantitative estimate of drug-likeness (QED) is 0.733. The third kappa shape index (κ3) is 4.70. The Morgan fingerprint density at radius 1 is 1.03 bits per heavy atom. The number of methoxy groups -OCH3 is 2. The average molecular weight is 425 g/mol. The first-order valence-corrected chi connectivity index (χ1v) is 11.1. The van der Waals surface area contributed by atoms with E-state index in [4.69, 9.17) is 9.47 Å². The molecule has 2 aliphatic rings. The van der Waals surface area contributed by atoms with E-state index in [0.717, 1.165) is 48.4 Å².